The van der Waals surface area contributed by atoms with Crippen molar-refractivity contribution in [3.8, 4) is 6.07 Å². The van der Waals surface area contributed by atoms with Gasteiger partial charge in [0, 0.05) is 18.4 Å². The maximum absolute atomic E-state index is 9.05. The molecule has 0 saturated carbocycles. The fourth-order valence-electron chi connectivity index (χ4n) is 1.60. The lowest BCUT2D eigenvalue weighted by Gasteiger charge is -2.02. The summed E-state index contributed by atoms with van der Waals surface area (Å²) in [6, 6.07) is 7.83. The number of aromatic nitrogens is 1. The van der Waals surface area contributed by atoms with Crippen LogP contribution >= 0.6 is 0 Å². The number of nitrogens with zero attached hydrogens (tertiary/aromatic N) is 2. The number of nitrogens with one attached hydrogen (secondary N) is 1. The first-order valence-corrected chi connectivity index (χ1v) is 4.70. The number of rotatable bonds is 1. The maximum Gasteiger partial charge on any atom is 0.103 e. The highest BCUT2D eigenvalue weighted by Crippen LogP contribution is 2.20. The Morgan fingerprint density at radius 1 is 1.50 bits per heavy atom. The highest BCUT2D eigenvalue weighted by molar-refractivity contribution is 5.77. The second kappa shape index (κ2) is 3.93. The lowest BCUT2D eigenvalue weighted by atomic mass is 10.1. The molecule has 3 heteroatoms. The van der Waals surface area contributed by atoms with Crippen molar-refractivity contribution < 1.29 is 0 Å². The maximum atomic E-state index is 9.05. The van der Waals surface area contributed by atoms with Crippen LogP contribution in [0.3, 0.4) is 0 Å². The number of pyridine rings is 1. The summed E-state index contributed by atoms with van der Waals surface area (Å²) in [5, 5.41) is 12.3. The van der Waals surface area contributed by atoms with E-state index in [0.29, 0.717) is 5.57 Å². The normalized spacial score (nSPS) is 18.5. The zero-order chi connectivity index (χ0) is 9.80. The lowest BCUT2D eigenvalue weighted by molar-refractivity contribution is 0.904. The Morgan fingerprint density at radius 3 is 3.00 bits per heavy atom. The fourth-order valence-corrected chi connectivity index (χ4v) is 1.60. The summed E-state index contributed by atoms with van der Waals surface area (Å²) in [6.45, 7) is 0.966. The average Bonchev–Trinajstić information content (AvgIpc) is 2.74. The standard InChI is InChI=1S/C11H11N3/c12-8-9(11-5-3-7-14-11)10-4-1-2-6-13-10/h1-2,4,6,14H,3,5,7H2/b11-9-. The molecule has 0 amide bonds. The van der Waals surface area contributed by atoms with Crippen molar-refractivity contribution in [2.75, 3.05) is 6.54 Å². The first-order valence-electron chi connectivity index (χ1n) is 4.70. The van der Waals surface area contributed by atoms with Crippen LogP contribution < -0.4 is 5.32 Å². The third kappa shape index (κ3) is 1.60. The summed E-state index contributed by atoms with van der Waals surface area (Å²) in [5.41, 5.74) is 2.48. The second-order valence-corrected chi connectivity index (χ2v) is 3.21. The van der Waals surface area contributed by atoms with Crippen molar-refractivity contribution in [1.29, 1.82) is 5.26 Å². The molecule has 70 valence electrons. The molecule has 0 radical (unpaired) electrons. The van der Waals surface area contributed by atoms with Crippen LogP contribution in [-0.2, 0) is 0 Å². The number of hydrogen-bond acceptors (Lipinski definition) is 3. The smallest absolute Gasteiger partial charge is 0.103 e. The highest BCUT2D eigenvalue weighted by atomic mass is 14.9. The molecule has 1 fully saturated rings. The van der Waals surface area contributed by atoms with E-state index in [1.807, 2.05) is 18.2 Å². The van der Waals surface area contributed by atoms with Crippen LogP contribution in [0.15, 0.2) is 30.1 Å². The molecule has 2 rings (SSSR count). The molecule has 1 aromatic rings. The van der Waals surface area contributed by atoms with E-state index < -0.39 is 0 Å². The molecule has 1 aliphatic heterocycles. The predicted octanol–water partition coefficient (Wildman–Crippen LogP) is 1.70. The van der Waals surface area contributed by atoms with Gasteiger partial charge in [0.05, 0.1) is 11.3 Å². The molecule has 3 nitrogen and oxygen atoms in total. The molecule has 1 N–H and O–H groups in total. The monoisotopic (exact) mass is 185 g/mol. The minimum absolute atomic E-state index is 0.683. The summed E-state index contributed by atoms with van der Waals surface area (Å²) < 4.78 is 0. The number of allylic oxidation sites excluding steroid dienone is 2. The van der Waals surface area contributed by atoms with Crippen molar-refractivity contribution in [3.05, 3.63) is 35.8 Å². The van der Waals surface area contributed by atoms with Gasteiger partial charge < -0.3 is 5.32 Å². The molecule has 0 aliphatic carbocycles. The van der Waals surface area contributed by atoms with Gasteiger partial charge in [-0.25, -0.2) is 0 Å². The van der Waals surface area contributed by atoms with E-state index in [0.717, 1.165) is 30.8 Å². The van der Waals surface area contributed by atoms with Gasteiger partial charge in [0.1, 0.15) is 6.07 Å². The molecule has 1 aliphatic rings. The molecule has 1 aromatic heterocycles. The summed E-state index contributed by atoms with van der Waals surface area (Å²) in [5.74, 6) is 0. The van der Waals surface area contributed by atoms with Gasteiger partial charge in [0.15, 0.2) is 0 Å². The van der Waals surface area contributed by atoms with Crippen LogP contribution in [0.4, 0.5) is 0 Å². The van der Waals surface area contributed by atoms with Crippen LogP contribution in [0.5, 0.6) is 0 Å². The Morgan fingerprint density at radius 2 is 2.43 bits per heavy atom. The van der Waals surface area contributed by atoms with E-state index in [9.17, 15) is 0 Å². The molecule has 1 saturated heterocycles. The summed E-state index contributed by atoms with van der Waals surface area (Å²) >= 11 is 0. The molecular weight excluding hydrogens is 174 g/mol. The Balaban J connectivity index is 2.40. The quantitative estimate of drug-likeness (QED) is 0.677. The molecule has 2 heterocycles. The lowest BCUT2D eigenvalue weighted by Crippen LogP contribution is -2.06. The Bertz CT molecular complexity index is 379. The van der Waals surface area contributed by atoms with Gasteiger partial charge in [0.25, 0.3) is 0 Å². The number of nitriles is 1. The summed E-state index contributed by atoms with van der Waals surface area (Å²) in [7, 11) is 0. The minimum atomic E-state index is 0.683. The minimum Gasteiger partial charge on any atom is -0.387 e. The van der Waals surface area contributed by atoms with E-state index in [4.69, 9.17) is 5.26 Å². The van der Waals surface area contributed by atoms with Gasteiger partial charge in [-0.2, -0.15) is 5.26 Å². The van der Waals surface area contributed by atoms with E-state index in [2.05, 4.69) is 16.4 Å². The third-order valence-electron chi connectivity index (χ3n) is 2.28. The highest BCUT2D eigenvalue weighted by Gasteiger charge is 2.13. The molecule has 0 atom stereocenters. The molecule has 0 aromatic carbocycles. The van der Waals surface area contributed by atoms with Crippen LogP contribution in [0, 0.1) is 11.3 Å². The number of hydrogen-bond donors (Lipinski definition) is 1. The van der Waals surface area contributed by atoms with E-state index >= 15 is 0 Å². The van der Waals surface area contributed by atoms with Crippen molar-refractivity contribution in [2.45, 2.75) is 12.8 Å². The average molecular weight is 185 g/mol. The summed E-state index contributed by atoms with van der Waals surface area (Å²) in [6.07, 6.45) is 3.77. The molecule has 0 unspecified atom stereocenters. The van der Waals surface area contributed by atoms with Gasteiger partial charge in [-0.05, 0) is 25.0 Å². The zero-order valence-corrected chi connectivity index (χ0v) is 7.83. The van der Waals surface area contributed by atoms with Gasteiger partial charge in [-0.1, -0.05) is 6.07 Å². The SMILES string of the molecule is N#C/C(=C1\CCCN1)c1ccccn1. The van der Waals surface area contributed by atoms with Crippen molar-refractivity contribution >= 4 is 5.57 Å². The molecule has 0 spiro atoms. The summed E-state index contributed by atoms with van der Waals surface area (Å²) in [4.78, 5) is 4.17. The van der Waals surface area contributed by atoms with Crippen LogP contribution in [-0.4, -0.2) is 11.5 Å². The van der Waals surface area contributed by atoms with Crippen LogP contribution in [0.1, 0.15) is 18.5 Å². The Kier molecular flexibility index (Phi) is 2.46. The fraction of sp³-hybridized carbons (Fsp3) is 0.273. The first kappa shape index (κ1) is 8.76. The molecule has 0 bridgehead atoms. The van der Waals surface area contributed by atoms with Crippen LogP contribution in [0.25, 0.3) is 5.57 Å². The van der Waals surface area contributed by atoms with Crippen molar-refractivity contribution in [1.82, 2.24) is 10.3 Å². The topological polar surface area (TPSA) is 48.7 Å². The first-order chi connectivity index (χ1) is 6.92. The van der Waals surface area contributed by atoms with E-state index in [1.165, 1.54) is 0 Å². The van der Waals surface area contributed by atoms with Crippen molar-refractivity contribution in [3.63, 3.8) is 0 Å². The van der Waals surface area contributed by atoms with E-state index in [-0.39, 0.29) is 0 Å². The molecular formula is C11H11N3. The zero-order valence-electron chi connectivity index (χ0n) is 7.83. The third-order valence-corrected chi connectivity index (χ3v) is 2.28. The Hall–Kier alpha value is -1.82. The molecule has 14 heavy (non-hydrogen) atoms. The van der Waals surface area contributed by atoms with Gasteiger partial charge in [0.2, 0.25) is 0 Å². The largest absolute Gasteiger partial charge is 0.387 e. The second-order valence-electron chi connectivity index (χ2n) is 3.21. The van der Waals surface area contributed by atoms with E-state index in [1.54, 1.807) is 6.20 Å². The van der Waals surface area contributed by atoms with Crippen LogP contribution in [0.2, 0.25) is 0 Å². The van der Waals surface area contributed by atoms with Gasteiger partial charge in [-0.15, -0.1) is 0 Å². The van der Waals surface area contributed by atoms with Gasteiger partial charge >= 0.3 is 0 Å². The van der Waals surface area contributed by atoms with Crippen molar-refractivity contribution in [2.24, 2.45) is 0 Å². The predicted molar refractivity (Wildman–Crippen MR) is 54.0 cm³/mol. The van der Waals surface area contributed by atoms with Gasteiger partial charge in [-0.3, -0.25) is 4.98 Å². The Labute approximate surface area is 83.1 Å².